The summed E-state index contributed by atoms with van der Waals surface area (Å²) in [6.45, 7) is 3.69. The number of hydrogen-bond acceptors (Lipinski definition) is 3. The average molecular weight is 185 g/mol. The van der Waals surface area contributed by atoms with Gasteiger partial charge in [0.2, 0.25) is 0 Å². The molecule has 0 spiro atoms. The highest BCUT2D eigenvalue weighted by atomic mass is 16.5. The van der Waals surface area contributed by atoms with Crippen LogP contribution < -0.4 is 5.32 Å². The van der Waals surface area contributed by atoms with Crippen molar-refractivity contribution >= 4 is 0 Å². The van der Waals surface area contributed by atoms with Gasteiger partial charge in [0.05, 0.1) is 6.61 Å². The molecule has 0 aromatic rings. The molecule has 13 heavy (non-hydrogen) atoms. The van der Waals surface area contributed by atoms with Gasteiger partial charge in [0.15, 0.2) is 0 Å². The van der Waals surface area contributed by atoms with E-state index in [2.05, 4.69) is 5.32 Å². The van der Waals surface area contributed by atoms with E-state index in [1.54, 1.807) is 0 Å². The number of rotatable bonds is 2. The molecule has 1 atom stereocenters. The third-order valence-corrected chi connectivity index (χ3v) is 2.85. The van der Waals surface area contributed by atoms with Crippen LogP contribution in [0.25, 0.3) is 0 Å². The third-order valence-electron chi connectivity index (χ3n) is 2.85. The molecule has 76 valence electrons. The van der Waals surface area contributed by atoms with E-state index in [0.717, 1.165) is 39.3 Å². The van der Waals surface area contributed by atoms with Gasteiger partial charge in [-0.15, -0.1) is 0 Å². The van der Waals surface area contributed by atoms with Crippen molar-refractivity contribution in [1.29, 1.82) is 0 Å². The van der Waals surface area contributed by atoms with Gasteiger partial charge in [-0.1, -0.05) is 0 Å². The first-order chi connectivity index (χ1) is 6.45. The Kier molecular flexibility index (Phi) is 3.58. The van der Waals surface area contributed by atoms with Gasteiger partial charge >= 0.3 is 0 Å². The van der Waals surface area contributed by atoms with Gasteiger partial charge in [-0.2, -0.15) is 0 Å². The molecule has 0 radical (unpaired) electrons. The molecular formula is C10H19NO2. The summed E-state index contributed by atoms with van der Waals surface area (Å²) in [5, 5.41) is 3.65. The second kappa shape index (κ2) is 4.94. The van der Waals surface area contributed by atoms with Crippen LogP contribution in [0.2, 0.25) is 0 Å². The lowest BCUT2D eigenvalue weighted by Crippen LogP contribution is -2.45. The molecule has 2 saturated heterocycles. The highest BCUT2D eigenvalue weighted by Gasteiger charge is 2.19. The first-order valence-electron chi connectivity index (χ1n) is 5.37. The van der Waals surface area contributed by atoms with Gasteiger partial charge in [-0.3, -0.25) is 0 Å². The van der Waals surface area contributed by atoms with Gasteiger partial charge in [0, 0.05) is 31.9 Å². The molecule has 0 aromatic heterocycles. The quantitative estimate of drug-likeness (QED) is 0.694. The van der Waals surface area contributed by atoms with Crippen molar-refractivity contribution in [1.82, 2.24) is 5.32 Å². The first kappa shape index (κ1) is 9.44. The second-order valence-electron chi connectivity index (χ2n) is 3.97. The minimum atomic E-state index is 0.594. The van der Waals surface area contributed by atoms with E-state index < -0.39 is 0 Å². The summed E-state index contributed by atoms with van der Waals surface area (Å²) in [4.78, 5) is 0. The maximum absolute atomic E-state index is 5.43. The largest absolute Gasteiger partial charge is 0.381 e. The molecule has 2 heterocycles. The molecule has 1 N–H and O–H groups in total. The molecule has 2 aliphatic rings. The summed E-state index contributed by atoms with van der Waals surface area (Å²) < 4.78 is 10.7. The monoisotopic (exact) mass is 185 g/mol. The van der Waals surface area contributed by atoms with Crippen molar-refractivity contribution < 1.29 is 9.47 Å². The number of ether oxygens (including phenoxy) is 2. The Bertz CT molecular complexity index is 124. The summed E-state index contributed by atoms with van der Waals surface area (Å²) >= 11 is 0. The standard InChI is InChI=1S/C10H19NO2/c1-2-10(8-13-5-1)11-9-3-6-12-7-4-9/h9-11H,1-8H2. The maximum atomic E-state index is 5.43. The topological polar surface area (TPSA) is 30.5 Å². The fraction of sp³-hybridized carbons (Fsp3) is 1.00. The Morgan fingerprint density at radius 2 is 1.69 bits per heavy atom. The molecule has 0 amide bonds. The van der Waals surface area contributed by atoms with Crippen LogP contribution in [-0.2, 0) is 9.47 Å². The van der Waals surface area contributed by atoms with Gasteiger partial charge in [-0.05, 0) is 25.7 Å². The van der Waals surface area contributed by atoms with Crippen molar-refractivity contribution in [2.45, 2.75) is 37.8 Å². The molecule has 2 rings (SSSR count). The number of nitrogens with one attached hydrogen (secondary N) is 1. The molecule has 0 saturated carbocycles. The van der Waals surface area contributed by atoms with Crippen LogP contribution in [0, 0.1) is 0 Å². The Hall–Kier alpha value is -0.120. The van der Waals surface area contributed by atoms with Crippen LogP contribution >= 0.6 is 0 Å². The van der Waals surface area contributed by atoms with Crippen molar-refractivity contribution in [3.8, 4) is 0 Å². The number of hydrogen-bond donors (Lipinski definition) is 1. The van der Waals surface area contributed by atoms with Crippen LogP contribution in [-0.4, -0.2) is 38.5 Å². The lowest BCUT2D eigenvalue weighted by Gasteiger charge is -2.30. The molecule has 0 aromatic carbocycles. The van der Waals surface area contributed by atoms with Crippen LogP contribution in [0.5, 0.6) is 0 Å². The van der Waals surface area contributed by atoms with E-state index in [9.17, 15) is 0 Å². The zero-order valence-corrected chi connectivity index (χ0v) is 8.13. The van der Waals surface area contributed by atoms with E-state index in [-0.39, 0.29) is 0 Å². The summed E-state index contributed by atoms with van der Waals surface area (Å²) in [6, 6.07) is 1.26. The van der Waals surface area contributed by atoms with E-state index >= 15 is 0 Å². The van der Waals surface area contributed by atoms with Gasteiger partial charge in [-0.25, -0.2) is 0 Å². The van der Waals surface area contributed by atoms with Crippen LogP contribution in [0.1, 0.15) is 25.7 Å². The van der Waals surface area contributed by atoms with E-state index in [1.807, 2.05) is 0 Å². The Morgan fingerprint density at radius 1 is 0.846 bits per heavy atom. The van der Waals surface area contributed by atoms with Crippen molar-refractivity contribution in [3.05, 3.63) is 0 Å². The summed E-state index contributed by atoms with van der Waals surface area (Å²) in [5.41, 5.74) is 0. The van der Waals surface area contributed by atoms with Crippen LogP contribution in [0.3, 0.4) is 0 Å². The SMILES string of the molecule is C1COCC(NC2CCOCC2)C1. The lowest BCUT2D eigenvalue weighted by molar-refractivity contribution is 0.0439. The summed E-state index contributed by atoms with van der Waals surface area (Å²) in [7, 11) is 0. The Labute approximate surface area is 79.8 Å². The highest BCUT2D eigenvalue weighted by Crippen LogP contribution is 2.11. The van der Waals surface area contributed by atoms with Crippen molar-refractivity contribution in [2.24, 2.45) is 0 Å². The minimum Gasteiger partial charge on any atom is -0.381 e. The van der Waals surface area contributed by atoms with Crippen molar-refractivity contribution in [3.63, 3.8) is 0 Å². The zero-order chi connectivity index (χ0) is 8.93. The normalized spacial score (nSPS) is 31.8. The van der Waals surface area contributed by atoms with Crippen LogP contribution in [0.4, 0.5) is 0 Å². The molecule has 2 fully saturated rings. The average Bonchev–Trinajstić information content (AvgIpc) is 2.21. The smallest absolute Gasteiger partial charge is 0.0619 e. The van der Waals surface area contributed by atoms with E-state index in [1.165, 1.54) is 12.8 Å². The highest BCUT2D eigenvalue weighted by molar-refractivity contribution is 4.77. The molecule has 1 unspecified atom stereocenters. The fourth-order valence-corrected chi connectivity index (χ4v) is 2.07. The lowest BCUT2D eigenvalue weighted by atomic mass is 10.0. The van der Waals surface area contributed by atoms with Gasteiger partial charge in [0.1, 0.15) is 0 Å². The van der Waals surface area contributed by atoms with Crippen LogP contribution in [0.15, 0.2) is 0 Å². The molecule has 3 heteroatoms. The summed E-state index contributed by atoms with van der Waals surface area (Å²) in [6.07, 6.45) is 4.81. The van der Waals surface area contributed by atoms with Gasteiger partial charge in [0.25, 0.3) is 0 Å². The molecule has 0 aliphatic carbocycles. The Morgan fingerprint density at radius 3 is 2.38 bits per heavy atom. The predicted octanol–water partition coefficient (Wildman–Crippen LogP) is 0.934. The third kappa shape index (κ3) is 2.93. The molecule has 2 aliphatic heterocycles. The Balaban J connectivity index is 1.69. The summed E-state index contributed by atoms with van der Waals surface area (Å²) in [5.74, 6) is 0. The predicted molar refractivity (Wildman–Crippen MR) is 50.8 cm³/mol. The van der Waals surface area contributed by atoms with E-state index in [0.29, 0.717) is 12.1 Å². The zero-order valence-electron chi connectivity index (χ0n) is 8.13. The van der Waals surface area contributed by atoms with E-state index in [4.69, 9.17) is 9.47 Å². The maximum Gasteiger partial charge on any atom is 0.0619 e. The molecular weight excluding hydrogens is 166 g/mol. The van der Waals surface area contributed by atoms with Crippen molar-refractivity contribution in [2.75, 3.05) is 26.4 Å². The first-order valence-corrected chi connectivity index (χ1v) is 5.37. The molecule has 0 bridgehead atoms. The second-order valence-corrected chi connectivity index (χ2v) is 3.97. The molecule has 3 nitrogen and oxygen atoms in total. The minimum absolute atomic E-state index is 0.594. The fourth-order valence-electron chi connectivity index (χ4n) is 2.07. The van der Waals surface area contributed by atoms with Gasteiger partial charge < -0.3 is 14.8 Å².